The first-order chi connectivity index (χ1) is 14.5. The van der Waals surface area contributed by atoms with E-state index in [0.717, 1.165) is 16.6 Å². The van der Waals surface area contributed by atoms with E-state index in [-0.39, 0.29) is 24.4 Å². The van der Waals surface area contributed by atoms with Crippen LogP contribution in [0.1, 0.15) is 34.7 Å². The van der Waals surface area contributed by atoms with Gasteiger partial charge in [-0.1, -0.05) is 30.3 Å². The van der Waals surface area contributed by atoms with E-state index in [4.69, 9.17) is 9.72 Å². The molecule has 2 aromatic carbocycles. The molecule has 1 N–H and O–H groups in total. The van der Waals surface area contributed by atoms with Gasteiger partial charge in [0.1, 0.15) is 12.4 Å². The monoisotopic (exact) mass is 406 g/mol. The SMILES string of the molecule is Cc1ccccc1C(=O)NC(C)c1nc2ccccc2n1CC(=O)N1CCOCC1. The molecule has 1 atom stereocenters. The molecular formula is C23H26N4O3. The van der Waals surface area contributed by atoms with Crippen molar-refractivity contribution in [1.82, 2.24) is 19.8 Å². The van der Waals surface area contributed by atoms with Gasteiger partial charge in [0.25, 0.3) is 5.91 Å². The zero-order valence-electron chi connectivity index (χ0n) is 17.3. The third kappa shape index (κ3) is 4.07. The molecule has 30 heavy (non-hydrogen) atoms. The molecule has 156 valence electrons. The number of nitrogens with one attached hydrogen (secondary N) is 1. The van der Waals surface area contributed by atoms with Gasteiger partial charge in [0.05, 0.1) is 30.3 Å². The number of ether oxygens (including phenoxy) is 1. The minimum absolute atomic E-state index is 0.0279. The summed E-state index contributed by atoms with van der Waals surface area (Å²) in [6, 6.07) is 14.8. The van der Waals surface area contributed by atoms with Crippen molar-refractivity contribution < 1.29 is 14.3 Å². The number of fused-ring (bicyclic) bond motifs is 1. The maximum absolute atomic E-state index is 12.9. The Morgan fingerprint density at radius 1 is 1.10 bits per heavy atom. The third-order valence-corrected chi connectivity index (χ3v) is 5.47. The molecule has 1 saturated heterocycles. The lowest BCUT2D eigenvalue weighted by Crippen LogP contribution is -2.42. The first-order valence-electron chi connectivity index (χ1n) is 10.2. The molecule has 0 spiro atoms. The van der Waals surface area contributed by atoms with Gasteiger partial charge in [-0.2, -0.15) is 0 Å². The number of rotatable bonds is 5. The van der Waals surface area contributed by atoms with Crippen LogP contribution in [0, 0.1) is 6.92 Å². The highest BCUT2D eigenvalue weighted by atomic mass is 16.5. The van der Waals surface area contributed by atoms with Crippen molar-refractivity contribution in [2.75, 3.05) is 26.3 Å². The van der Waals surface area contributed by atoms with E-state index in [1.165, 1.54) is 0 Å². The van der Waals surface area contributed by atoms with E-state index >= 15 is 0 Å². The van der Waals surface area contributed by atoms with Crippen LogP contribution in [-0.4, -0.2) is 52.6 Å². The number of nitrogens with zero attached hydrogens (tertiary/aromatic N) is 3. The van der Waals surface area contributed by atoms with Crippen LogP contribution in [0.15, 0.2) is 48.5 Å². The number of carbonyl (C=O) groups is 2. The van der Waals surface area contributed by atoms with Gasteiger partial charge in [-0.25, -0.2) is 4.98 Å². The summed E-state index contributed by atoms with van der Waals surface area (Å²) in [6.07, 6.45) is 0. The molecule has 7 heteroatoms. The molecule has 3 aromatic rings. The van der Waals surface area contributed by atoms with Gasteiger partial charge in [0, 0.05) is 18.7 Å². The van der Waals surface area contributed by atoms with Crippen LogP contribution in [0.4, 0.5) is 0 Å². The average Bonchev–Trinajstić information content (AvgIpc) is 3.13. The normalized spacial score (nSPS) is 15.2. The summed E-state index contributed by atoms with van der Waals surface area (Å²) in [5, 5.41) is 3.04. The molecule has 7 nitrogen and oxygen atoms in total. The molecule has 0 radical (unpaired) electrons. The molecule has 1 aromatic heterocycles. The number of morpholine rings is 1. The second-order valence-corrected chi connectivity index (χ2v) is 7.55. The van der Waals surface area contributed by atoms with Crippen LogP contribution in [0.3, 0.4) is 0 Å². The van der Waals surface area contributed by atoms with Crippen molar-refractivity contribution in [2.24, 2.45) is 0 Å². The summed E-state index contributed by atoms with van der Waals surface area (Å²) in [5.74, 6) is 0.540. The maximum Gasteiger partial charge on any atom is 0.252 e. The molecule has 1 unspecified atom stereocenters. The summed E-state index contributed by atoms with van der Waals surface area (Å²) < 4.78 is 7.26. The molecule has 1 fully saturated rings. The van der Waals surface area contributed by atoms with Gasteiger partial charge in [-0.05, 0) is 37.6 Å². The number of para-hydroxylation sites is 2. The van der Waals surface area contributed by atoms with Crippen molar-refractivity contribution in [1.29, 1.82) is 0 Å². The van der Waals surface area contributed by atoms with Crippen molar-refractivity contribution in [3.05, 3.63) is 65.5 Å². The topological polar surface area (TPSA) is 76.5 Å². The highest BCUT2D eigenvalue weighted by Crippen LogP contribution is 2.22. The van der Waals surface area contributed by atoms with Crippen LogP contribution in [0.2, 0.25) is 0 Å². The predicted octanol–water partition coefficient (Wildman–Crippen LogP) is 2.69. The zero-order valence-corrected chi connectivity index (χ0v) is 17.3. The molecule has 0 aliphatic carbocycles. The molecule has 0 saturated carbocycles. The highest BCUT2D eigenvalue weighted by Gasteiger charge is 2.23. The van der Waals surface area contributed by atoms with Gasteiger partial charge in [-0.15, -0.1) is 0 Å². The van der Waals surface area contributed by atoms with E-state index in [1.54, 1.807) is 0 Å². The van der Waals surface area contributed by atoms with Crippen molar-refractivity contribution >= 4 is 22.8 Å². The van der Waals surface area contributed by atoms with E-state index in [1.807, 2.05) is 71.8 Å². The summed E-state index contributed by atoms with van der Waals surface area (Å²) in [7, 11) is 0. The summed E-state index contributed by atoms with van der Waals surface area (Å²) >= 11 is 0. The van der Waals surface area contributed by atoms with Gasteiger partial charge in [0.15, 0.2) is 0 Å². The van der Waals surface area contributed by atoms with E-state index in [9.17, 15) is 9.59 Å². The predicted molar refractivity (Wildman–Crippen MR) is 114 cm³/mol. The fraction of sp³-hybridized carbons (Fsp3) is 0.348. The minimum Gasteiger partial charge on any atom is -0.378 e. The third-order valence-electron chi connectivity index (χ3n) is 5.47. The molecule has 2 heterocycles. The molecule has 4 rings (SSSR count). The Kier molecular flexibility index (Phi) is 5.81. The first kappa shape index (κ1) is 20.1. The standard InChI is InChI=1S/C23H26N4O3/c1-16-7-3-4-8-18(16)23(29)24-17(2)22-25-19-9-5-6-10-20(19)27(22)15-21(28)26-11-13-30-14-12-26/h3-10,17H,11-15H2,1-2H3,(H,24,29). The van der Waals surface area contributed by atoms with Gasteiger partial charge in [-0.3, -0.25) is 9.59 Å². The zero-order chi connectivity index (χ0) is 21.1. The lowest BCUT2D eigenvalue weighted by Gasteiger charge is -2.27. The number of amides is 2. The molecule has 0 bridgehead atoms. The second kappa shape index (κ2) is 8.67. The smallest absolute Gasteiger partial charge is 0.252 e. The van der Waals surface area contributed by atoms with Crippen LogP contribution in [0.5, 0.6) is 0 Å². The highest BCUT2D eigenvalue weighted by molar-refractivity contribution is 5.95. The molecular weight excluding hydrogens is 380 g/mol. The Balaban J connectivity index is 1.61. The van der Waals surface area contributed by atoms with Gasteiger partial charge < -0.3 is 19.5 Å². The Morgan fingerprint density at radius 2 is 1.80 bits per heavy atom. The van der Waals surface area contributed by atoms with Crippen LogP contribution >= 0.6 is 0 Å². The number of hydrogen-bond donors (Lipinski definition) is 1. The quantitative estimate of drug-likeness (QED) is 0.707. The van der Waals surface area contributed by atoms with Crippen molar-refractivity contribution in [3.8, 4) is 0 Å². The Labute approximate surface area is 175 Å². The van der Waals surface area contributed by atoms with Crippen LogP contribution in [-0.2, 0) is 16.1 Å². The first-order valence-corrected chi connectivity index (χ1v) is 10.2. The van der Waals surface area contributed by atoms with Crippen LogP contribution in [0.25, 0.3) is 11.0 Å². The number of aromatic nitrogens is 2. The minimum atomic E-state index is -0.359. The number of hydrogen-bond acceptors (Lipinski definition) is 4. The number of benzene rings is 2. The van der Waals surface area contributed by atoms with Gasteiger partial charge >= 0.3 is 0 Å². The number of aryl methyl sites for hydroxylation is 1. The van der Waals surface area contributed by atoms with E-state index < -0.39 is 0 Å². The molecule has 2 amide bonds. The van der Waals surface area contributed by atoms with E-state index in [2.05, 4.69) is 5.32 Å². The lowest BCUT2D eigenvalue weighted by molar-refractivity contribution is -0.135. The molecule has 1 aliphatic rings. The van der Waals surface area contributed by atoms with Gasteiger partial charge in [0.2, 0.25) is 5.91 Å². The van der Waals surface area contributed by atoms with E-state index in [0.29, 0.717) is 37.7 Å². The van der Waals surface area contributed by atoms with Crippen LogP contribution < -0.4 is 5.32 Å². The Hall–Kier alpha value is -3.19. The summed E-state index contributed by atoms with van der Waals surface area (Å²) in [4.78, 5) is 32.3. The second-order valence-electron chi connectivity index (χ2n) is 7.55. The Bertz CT molecular complexity index is 1070. The average molecular weight is 406 g/mol. The Morgan fingerprint density at radius 3 is 2.57 bits per heavy atom. The summed E-state index contributed by atoms with van der Waals surface area (Å²) in [5.41, 5.74) is 3.24. The number of carbonyl (C=O) groups excluding carboxylic acids is 2. The maximum atomic E-state index is 12.9. The summed E-state index contributed by atoms with van der Waals surface area (Å²) in [6.45, 7) is 6.31. The largest absolute Gasteiger partial charge is 0.378 e. The molecule has 1 aliphatic heterocycles. The fourth-order valence-electron chi connectivity index (χ4n) is 3.81. The fourth-order valence-corrected chi connectivity index (χ4v) is 3.81. The number of imidazole rings is 1. The van der Waals surface area contributed by atoms with Crippen molar-refractivity contribution in [3.63, 3.8) is 0 Å². The van der Waals surface area contributed by atoms with Crippen molar-refractivity contribution in [2.45, 2.75) is 26.4 Å². The lowest BCUT2D eigenvalue weighted by atomic mass is 10.1.